The quantitative estimate of drug-likeness (QED) is 0.698. The van der Waals surface area contributed by atoms with Crippen molar-refractivity contribution in [2.45, 2.75) is 18.9 Å². The predicted octanol–water partition coefficient (Wildman–Crippen LogP) is 0.289. The van der Waals surface area contributed by atoms with Gasteiger partial charge >= 0.3 is 0 Å². The lowest BCUT2D eigenvalue weighted by atomic mass is 9.93. The second-order valence-corrected chi connectivity index (χ2v) is 5.06. The van der Waals surface area contributed by atoms with Crippen molar-refractivity contribution in [2.24, 2.45) is 5.92 Å². The minimum atomic E-state index is 0.337. The minimum Gasteiger partial charge on any atom is -0.373 e. The predicted molar refractivity (Wildman–Crippen MR) is 72.7 cm³/mol. The molecule has 0 saturated carbocycles. The van der Waals surface area contributed by atoms with E-state index in [1.165, 1.54) is 12.8 Å². The van der Waals surface area contributed by atoms with E-state index >= 15 is 0 Å². The first-order chi connectivity index (χ1) is 8.76. The molecule has 0 spiro atoms. The van der Waals surface area contributed by atoms with Gasteiger partial charge in [0, 0.05) is 32.2 Å². The summed E-state index contributed by atoms with van der Waals surface area (Å²) in [6.45, 7) is 3.25. The van der Waals surface area contributed by atoms with E-state index in [9.17, 15) is 0 Å². The topological polar surface area (TPSA) is 79.1 Å². The van der Waals surface area contributed by atoms with Gasteiger partial charge in [-0.25, -0.2) is 0 Å². The van der Waals surface area contributed by atoms with E-state index in [0.29, 0.717) is 12.0 Å². The van der Waals surface area contributed by atoms with Crippen LogP contribution in [0.5, 0.6) is 0 Å². The zero-order valence-corrected chi connectivity index (χ0v) is 10.7. The molecular weight excluding hydrogens is 228 g/mol. The van der Waals surface area contributed by atoms with Crippen molar-refractivity contribution >= 4 is 17.6 Å². The first-order valence-electron chi connectivity index (χ1n) is 6.57. The van der Waals surface area contributed by atoms with Crippen LogP contribution in [0.3, 0.4) is 0 Å². The number of nitrogens with one attached hydrogen (secondary N) is 2. The van der Waals surface area contributed by atoms with Gasteiger partial charge in [0.2, 0.25) is 5.95 Å². The molecular formula is C12H20N6. The van der Waals surface area contributed by atoms with Gasteiger partial charge in [-0.05, 0) is 25.3 Å². The number of hydrogen-bond acceptors (Lipinski definition) is 6. The number of nitrogen functional groups attached to an aromatic ring is 1. The van der Waals surface area contributed by atoms with Gasteiger partial charge in [-0.15, -0.1) is 0 Å². The van der Waals surface area contributed by atoms with Crippen molar-refractivity contribution in [3.8, 4) is 0 Å². The van der Waals surface area contributed by atoms with Crippen LogP contribution < -0.4 is 21.3 Å². The third-order valence-electron chi connectivity index (χ3n) is 3.97. The minimum absolute atomic E-state index is 0.337. The molecule has 2 aliphatic rings. The highest BCUT2D eigenvalue weighted by Crippen LogP contribution is 2.28. The third-order valence-corrected chi connectivity index (χ3v) is 3.97. The number of fused-ring (bicyclic) bond motifs is 1. The van der Waals surface area contributed by atoms with Gasteiger partial charge in [-0.2, -0.15) is 9.97 Å². The van der Waals surface area contributed by atoms with E-state index in [0.717, 1.165) is 37.2 Å². The molecule has 1 aromatic heterocycles. The van der Waals surface area contributed by atoms with Crippen molar-refractivity contribution in [2.75, 3.05) is 42.6 Å². The monoisotopic (exact) mass is 248 g/mol. The van der Waals surface area contributed by atoms with Gasteiger partial charge in [0.15, 0.2) is 0 Å². The van der Waals surface area contributed by atoms with E-state index in [2.05, 4.69) is 25.5 Å². The lowest BCUT2D eigenvalue weighted by molar-refractivity contribution is 0.375. The van der Waals surface area contributed by atoms with Gasteiger partial charge < -0.3 is 21.3 Å². The molecule has 98 valence electrons. The van der Waals surface area contributed by atoms with Gasteiger partial charge in [0.1, 0.15) is 11.6 Å². The summed E-state index contributed by atoms with van der Waals surface area (Å²) in [7, 11) is 1.85. The number of nitrogens with zero attached hydrogens (tertiary/aromatic N) is 3. The van der Waals surface area contributed by atoms with Crippen LogP contribution in [0.25, 0.3) is 0 Å². The Morgan fingerprint density at radius 3 is 3.17 bits per heavy atom. The summed E-state index contributed by atoms with van der Waals surface area (Å²) in [4.78, 5) is 10.8. The lowest BCUT2D eigenvalue weighted by Crippen LogP contribution is -2.44. The smallest absolute Gasteiger partial charge is 0.223 e. The Kier molecular flexibility index (Phi) is 2.95. The van der Waals surface area contributed by atoms with Crippen LogP contribution in [0.15, 0.2) is 6.07 Å². The fourth-order valence-corrected chi connectivity index (χ4v) is 3.00. The molecule has 2 saturated heterocycles. The second kappa shape index (κ2) is 4.61. The first-order valence-corrected chi connectivity index (χ1v) is 6.57. The molecule has 3 heterocycles. The maximum Gasteiger partial charge on any atom is 0.223 e. The van der Waals surface area contributed by atoms with Gasteiger partial charge in [-0.1, -0.05) is 0 Å². The largest absolute Gasteiger partial charge is 0.373 e. The number of rotatable bonds is 2. The van der Waals surface area contributed by atoms with Crippen LogP contribution in [0, 0.1) is 5.92 Å². The van der Waals surface area contributed by atoms with Crippen molar-refractivity contribution in [3.63, 3.8) is 0 Å². The Morgan fingerprint density at radius 1 is 1.44 bits per heavy atom. The normalized spacial score (nSPS) is 27.1. The average molecular weight is 248 g/mol. The highest BCUT2D eigenvalue weighted by Gasteiger charge is 2.33. The summed E-state index contributed by atoms with van der Waals surface area (Å²) >= 11 is 0. The highest BCUT2D eigenvalue weighted by atomic mass is 15.2. The molecule has 0 aliphatic carbocycles. The number of piperidine rings is 1. The Labute approximate surface area is 107 Å². The van der Waals surface area contributed by atoms with Gasteiger partial charge in [0.25, 0.3) is 0 Å². The lowest BCUT2D eigenvalue weighted by Gasteiger charge is -2.35. The fourth-order valence-electron chi connectivity index (χ4n) is 3.00. The summed E-state index contributed by atoms with van der Waals surface area (Å²) in [5.74, 6) is 2.80. The van der Waals surface area contributed by atoms with E-state index in [4.69, 9.17) is 5.73 Å². The number of anilines is 3. The molecule has 2 atom stereocenters. The average Bonchev–Trinajstić information content (AvgIpc) is 2.85. The molecule has 4 N–H and O–H groups in total. The maximum absolute atomic E-state index is 5.75. The van der Waals surface area contributed by atoms with Crippen molar-refractivity contribution in [1.82, 2.24) is 15.3 Å². The molecule has 18 heavy (non-hydrogen) atoms. The number of nitrogens with two attached hydrogens (primary N) is 1. The molecule has 2 aliphatic heterocycles. The van der Waals surface area contributed by atoms with Crippen molar-refractivity contribution < 1.29 is 0 Å². The summed E-state index contributed by atoms with van der Waals surface area (Å²) in [5, 5.41) is 6.59. The molecule has 0 amide bonds. The zero-order chi connectivity index (χ0) is 12.5. The maximum atomic E-state index is 5.75. The van der Waals surface area contributed by atoms with Gasteiger partial charge in [-0.3, -0.25) is 0 Å². The summed E-state index contributed by atoms with van der Waals surface area (Å²) < 4.78 is 0. The van der Waals surface area contributed by atoms with Crippen molar-refractivity contribution in [1.29, 1.82) is 0 Å². The Morgan fingerprint density at radius 2 is 2.33 bits per heavy atom. The SMILES string of the molecule is CNc1cc(N2CC[C@@H]3NCC[C@@H]3C2)nc(N)n1. The van der Waals surface area contributed by atoms with E-state index in [1.807, 2.05) is 13.1 Å². The Balaban J connectivity index is 1.80. The number of aromatic nitrogens is 2. The third kappa shape index (κ3) is 2.08. The molecule has 0 bridgehead atoms. The zero-order valence-electron chi connectivity index (χ0n) is 10.7. The second-order valence-electron chi connectivity index (χ2n) is 5.06. The molecule has 0 unspecified atom stereocenters. The van der Waals surface area contributed by atoms with Crippen LogP contribution in [0.1, 0.15) is 12.8 Å². The Bertz CT molecular complexity index is 435. The van der Waals surface area contributed by atoms with Crippen LogP contribution in [0.4, 0.5) is 17.6 Å². The van der Waals surface area contributed by atoms with Crippen molar-refractivity contribution in [3.05, 3.63) is 6.07 Å². The van der Waals surface area contributed by atoms with Crippen LogP contribution in [0.2, 0.25) is 0 Å². The molecule has 0 radical (unpaired) electrons. The van der Waals surface area contributed by atoms with Crippen LogP contribution >= 0.6 is 0 Å². The number of hydrogen-bond donors (Lipinski definition) is 3. The first kappa shape index (κ1) is 11.5. The van der Waals surface area contributed by atoms with E-state index in [-0.39, 0.29) is 0 Å². The van der Waals surface area contributed by atoms with Crippen LogP contribution in [-0.2, 0) is 0 Å². The Hall–Kier alpha value is -1.56. The molecule has 2 fully saturated rings. The highest BCUT2D eigenvalue weighted by molar-refractivity contribution is 5.52. The molecule has 6 nitrogen and oxygen atoms in total. The van der Waals surface area contributed by atoms with Gasteiger partial charge in [0.05, 0.1) is 0 Å². The fraction of sp³-hybridized carbons (Fsp3) is 0.667. The van der Waals surface area contributed by atoms with E-state index in [1.54, 1.807) is 0 Å². The standard InChI is InChI=1S/C12H20N6/c1-14-10-6-11(17-12(13)16-10)18-5-3-9-8(7-18)2-4-15-9/h6,8-9,15H,2-5,7H2,1H3,(H3,13,14,16,17)/t8-,9+/m1/s1. The van der Waals surface area contributed by atoms with E-state index < -0.39 is 0 Å². The van der Waals surface area contributed by atoms with Crippen LogP contribution in [-0.4, -0.2) is 42.7 Å². The molecule has 3 rings (SSSR count). The molecule has 0 aromatic carbocycles. The molecule has 6 heteroatoms. The summed E-state index contributed by atoms with van der Waals surface area (Å²) in [6, 6.07) is 2.67. The molecule has 1 aromatic rings. The summed E-state index contributed by atoms with van der Waals surface area (Å²) in [6.07, 6.45) is 2.45. The summed E-state index contributed by atoms with van der Waals surface area (Å²) in [5.41, 5.74) is 5.75.